The molecule has 0 radical (unpaired) electrons. The largest absolute Gasteiger partial charge is 0.381 e. The second-order valence-corrected chi connectivity index (χ2v) is 7.49. The monoisotopic (exact) mass is 381 g/mol. The van der Waals surface area contributed by atoms with Gasteiger partial charge in [0, 0.05) is 38.1 Å². The number of ether oxygens (including phenoxy) is 1. The smallest absolute Gasteiger partial charge is 0.222 e. The van der Waals surface area contributed by atoms with Crippen LogP contribution in [0, 0.1) is 5.92 Å². The number of primary amides is 1. The van der Waals surface area contributed by atoms with Crippen LogP contribution in [0.2, 0.25) is 0 Å². The van der Waals surface area contributed by atoms with E-state index in [0.29, 0.717) is 12.6 Å². The third-order valence-electron chi connectivity index (χ3n) is 5.73. The first-order chi connectivity index (χ1) is 13.7. The van der Waals surface area contributed by atoms with E-state index in [2.05, 4.69) is 21.2 Å². The Kier molecular flexibility index (Phi) is 4.23. The number of nitrogens with two attached hydrogens (primary N) is 1. The van der Waals surface area contributed by atoms with E-state index >= 15 is 0 Å². The van der Waals surface area contributed by atoms with E-state index in [9.17, 15) is 4.79 Å². The fourth-order valence-electron chi connectivity index (χ4n) is 4.05. The molecule has 3 aromatic rings. The summed E-state index contributed by atoms with van der Waals surface area (Å²) in [7, 11) is 0. The van der Waals surface area contributed by atoms with E-state index in [1.807, 2.05) is 33.7 Å². The number of nitrogens with zero attached hydrogens (tertiary/aromatic N) is 6. The summed E-state index contributed by atoms with van der Waals surface area (Å²) < 4.78 is 9.32. The van der Waals surface area contributed by atoms with Crippen molar-refractivity contribution in [3.8, 4) is 11.3 Å². The molecule has 0 aliphatic carbocycles. The molecule has 3 aromatic heterocycles. The Labute approximate surface area is 162 Å². The molecule has 2 aliphatic rings. The molecule has 2 N–H and O–H groups in total. The second-order valence-electron chi connectivity index (χ2n) is 7.49. The van der Waals surface area contributed by atoms with E-state index in [1.165, 1.54) is 0 Å². The Morgan fingerprint density at radius 3 is 2.82 bits per heavy atom. The molecule has 2 fully saturated rings. The molecular formula is C19H23N7O2. The molecule has 5 rings (SSSR count). The van der Waals surface area contributed by atoms with E-state index in [1.54, 1.807) is 0 Å². The third kappa shape index (κ3) is 3.01. The van der Waals surface area contributed by atoms with E-state index < -0.39 is 0 Å². The number of aromatic nitrogens is 5. The van der Waals surface area contributed by atoms with Crippen LogP contribution in [0.3, 0.4) is 0 Å². The van der Waals surface area contributed by atoms with Gasteiger partial charge in [-0.2, -0.15) is 5.10 Å². The number of rotatable bonds is 4. The molecular weight excluding hydrogens is 358 g/mol. The standard InChI is InChI=1S/C19H23N7O2/c20-19(27)13-3-6-24(11-13)18-2-1-17-21-10-16(26(17)23-18)14-9-22-25(12-14)15-4-7-28-8-5-15/h1-2,9-10,12-13,15H,3-8,11H2,(H2,20,27). The van der Waals surface area contributed by atoms with Crippen LogP contribution in [0.5, 0.6) is 0 Å². The lowest BCUT2D eigenvalue weighted by atomic mass is 10.1. The highest BCUT2D eigenvalue weighted by atomic mass is 16.5. The Hall–Kier alpha value is -2.94. The number of hydrogen-bond acceptors (Lipinski definition) is 6. The molecule has 1 unspecified atom stereocenters. The summed E-state index contributed by atoms with van der Waals surface area (Å²) in [6.07, 6.45) is 8.48. The van der Waals surface area contributed by atoms with Crippen LogP contribution in [0.15, 0.2) is 30.7 Å². The van der Waals surface area contributed by atoms with Gasteiger partial charge in [0.2, 0.25) is 5.91 Å². The highest BCUT2D eigenvalue weighted by Crippen LogP contribution is 2.27. The SMILES string of the molecule is NC(=O)C1CCN(c2ccc3ncc(-c4cnn(C5CCOCC5)c4)n3n2)C1. The van der Waals surface area contributed by atoms with Crippen molar-refractivity contribution in [1.82, 2.24) is 24.4 Å². The highest BCUT2D eigenvalue weighted by Gasteiger charge is 2.28. The Bertz CT molecular complexity index is 1000. The van der Waals surface area contributed by atoms with Gasteiger partial charge in [-0.1, -0.05) is 0 Å². The van der Waals surface area contributed by atoms with Crippen molar-refractivity contribution in [3.63, 3.8) is 0 Å². The van der Waals surface area contributed by atoms with Crippen LogP contribution in [0.4, 0.5) is 5.82 Å². The number of amides is 1. The van der Waals surface area contributed by atoms with Crippen LogP contribution in [-0.4, -0.2) is 56.6 Å². The minimum Gasteiger partial charge on any atom is -0.381 e. The molecule has 0 aromatic carbocycles. The lowest BCUT2D eigenvalue weighted by molar-refractivity contribution is -0.121. The topological polar surface area (TPSA) is 104 Å². The molecule has 0 spiro atoms. The van der Waals surface area contributed by atoms with Crippen LogP contribution in [-0.2, 0) is 9.53 Å². The van der Waals surface area contributed by atoms with Gasteiger partial charge in [0.1, 0.15) is 5.82 Å². The lowest BCUT2D eigenvalue weighted by Crippen LogP contribution is -2.27. The summed E-state index contributed by atoms with van der Waals surface area (Å²) in [6, 6.07) is 4.27. The van der Waals surface area contributed by atoms with Crippen molar-refractivity contribution < 1.29 is 9.53 Å². The van der Waals surface area contributed by atoms with E-state index in [4.69, 9.17) is 15.6 Å². The van der Waals surface area contributed by atoms with Crippen molar-refractivity contribution >= 4 is 17.4 Å². The van der Waals surface area contributed by atoms with Gasteiger partial charge in [-0.25, -0.2) is 9.50 Å². The zero-order chi connectivity index (χ0) is 19.1. The molecule has 5 heterocycles. The average Bonchev–Trinajstić information content (AvgIpc) is 3.46. The molecule has 146 valence electrons. The summed E-state index contributed by atoms with van der Waals surface area (Å²) in [5.74, 6) is 0.470. The first-order valence-corrected chi connectivity index (χ1v) is 9.70. The molecule has 1 amide bonds. The van der Waals surface area contributed by atoms with Gasteiger partial charge >= 0.3 is 0 Å². The number of anilines is 1. The van der Waals surface area contributed by atoms with Gasteiger partial charge in [-0.3, -0.25) is 9.48 Å². The molecule has 9 nitrogen and oxygen atoms in total. The third-order valence-corrected chi connectivity index (χ3v) is 5.73. The molecule has 28 heavy (non-hydrogen) atoms. The van der Waals surface area contributed by atoms with Crippen molar-refractivity contribution in [1.29, 1.82) is 0 Å². The van der Waals surface area contributed by atoms with Gasteiger partial charge in [0.05, 0.1) is 30.0 Å². The van der Waals surface area contributed by atoms with E-state index in [0.717, 1.165) is 61.7 Å². The quantitative estimate of drug-likeness (QED) is 0.730. The van der Waals surface area contributed by atoms with Gasteiger partial charge < -0.3 is 15.4 Å². The molecule has 2 saturated heterocycles. The Morgan fingerprint density at radius 1 is 1.18 bits per heavy atom. The maximum absolute atomic E-state index is 11.5. The number of fused-ring (bicyclic) bond motifs is 1. The summed E-state index contributed by atoms with van der Waals surface area (Å²) >= 11 is 0. The zero-order valence-corrected chi connectivity index (χ0v) is 15.6. The number of carbonyl (C=O) groups excluding carboxylic acids is 1. The Balaban J connectivity index is 1.44. The maximum atomic E-state index is 11.5. The normalized spacial score (nSPS) is 20.9. The predicted octanol–water partition coefficient (Wildman–Crippen LogP) is 1.26. The number of hydrogen-bond donors (Lipinski definition) is 1. The fraction of sp³-hybridized carbons (Fsp3) is 0.474. The van der Waals surface area contributed by atoms with Crippen molar-refractivity contribution in [2.75, 3.05) is 31.2 Å². The van der Waals surface area contributed by atoms with Crippen LogP contribution in [0.25, 0.3) is 16.9 Å². The molecule has 0 bridgehead atoms. The van der Waals surface area contributed by atoms with Gasteiger partial charge in [-0.15, -0.1) is 5.10 Å². The van der Waals surface area contributed by atoms with Crippen LogP contribution in [0.1, 0.15) is 25.3 Å². The van der Waals surface area contributed by atoms with Crippen molar-refractivity contribution in [3.05, 3.63) is 30.7 Å². The van der Waals surface area contributed by atoms with Gasteiger partial charge in [0.25, 0.3) is 0 Å². The first-order valence-electron chi connectivity index (χ1n) is 9.70. The van der Waals surface area contributed by atoms with Crippen LogP contribution >= 0.6 is 0 Å². The van der Waals surface area contributed by atoms with Gasteiger partial charge in [-0.05, 0) is 31.4 Å². The second kappa shape index (κ2) is 6.90. The summed E-state index contributed by atoms with van der Waals surface area (Å²) in [5, 5.41) is 9.34. The van der Waals surface area contributed by atoms with Crippen molar-refractivity contribution in [2.24, 2.45) is 11.7 Å². The minimum absolute atomic E-state index is 0.113. The lowest BCUT2D eigenvalue weighted by Gasteiger charge is -2.22. The molecule has 2 aliphatic heterocycles. The summed E-state index contributed by atoms with van der Waals surface area (Å²) in [4.78, 5) is 18.0. The highest BCUT2D eigenvalue weighted by molar-refractivity contribution is 5.78. The zero-order valence-electron chi connectivity index (χ0n) is 15.6. The fourth-order valence-corrected chi connectivity index (χ4v) is 4.05. The summed E-state index contributed by atoms with van der Waals surface area (Å²) in [6.45, 7) is 2.95. The van der Waals surface area contributed by atoms with Gasteiger partial charge in [0.15, 0.2) is 5.65 Å². The Morgan fingerprint density at radius 2 is 2.04 bits per heavy atom. The predicted molar refractivity (Wildman–Crippen MR) is 103 cm³/mol. The molecule has 1 atom stereocenters. The molecule has 0 saturated carbocycles. The van der Waals surface area contributed by atoms with Crippen LogP contribution < -0.4 is 10.6 Å². The summed E-state index contributed by atoms with van der Waals surface area (Å²) in [5.41, 5.74) is 8.13. The van der Waals surface area contributed by atoms with E-state index in [-0.39, 0.29) is 11.8 Å². The van der Waals surface area contributed by atoms with Crippen molar-refractivity contribution in [2.45, 2.75) is 25.3 Å². The number of carbonyl (C=O) groups is 1. The maximum Gasteiger partial charge on any atom is 0.222 e. The number of imidazole rings is 1. The first kappa shape index (κ1) is 17.2. The average molecular weight is 381 g/mol. The minimum atomic E-state index is -0.243. The molecule has 9 heteroatoms.